The van der Waals surface area contributed by atoms with Crippen LogP contribution < -0.4 is 10.9 Å². The van der Waals surface area contributed by atoms with Crippen molar-refractivity contribution in [2.75, 3.05) is 26.2 Å². The van der Waals surface area contributed by atoms with Gasteiger partial charge in [0.2, 0.25) is 5.91 Å². The molecule has 30 heavy (non-hydrogen) atoms. The van der Waals surface area contributed by atoms with Crippen molar-refractivity contribution in [1.29, 1.82) is 0 Å². The van der Waals surface area contributed by atoms with E-state index in [1.54, 1.807) is 12.1 Å². The molecule has 1 amide bonds. The maximum Gasteiger partial charge on any atom is 0.317 e. The van der Waals surface area contributed by atoms with Crippen LogP contribution in [0.2, 0.25) is 0 Å². The molecule has 0 radical (unpaired) electrons. The summed E-state index contributed by atoms with van der Waals surface area (Å²) in [5.74, 6) is -0.663. The van der Waals surface area contributed by atoms with Gasteiger partial charge in [-0.25, -0.2) is 0 Å². The summed E-state index contributed by atoms with van der Waals surface area (Å²) in [5.41, 5.74) is 2.94. The Morgan fingerprint density at radius 3 is 2.70 bits per heavy atom. The number of pyridine rings is 1. The average molecular weight is 409 g/mol. The van der Waals surface area contributed by atoms with E-state index in [0.717, 1.165) is 23.2 Å². The van der Waals surface area contributed by atoms with Crippen molar-refractivity contribution in [3.05, 3.63) is 69.6 Å². The normalized spacial score (nSPS) is 22.9. The number of benzene rings is 1. The summed E-state index contributed by atoms with van der Waals surface area (Å²) in [7, 11) is 0. The van der Waals surface area contributed by atoms with E-state index < -0.39 is 5.97 Å². The second-order valence-electron chi connectivity index (χ2n) is 8.41. The zero-order valence-corrected chi connectivity index (χ0v) is 17.1. The number of likely N-dealkylation sites (tertiary alicyclic amines) is 1. The Labute approximate surface area is 175 Å². The predicted molar refractivity (Wildman–Crippen MR) is 113 cm³/mol. The van der Waals surface area contributed by atoms with Gasteiger partial charge in [0.05, 0.1) is 19.0 Å². The first-order valence-electron chi connectivity index (χ1n) is 10.4. The van der Waals surface area contributed by atoms with Crippen molar-refractivity contribution < 1.29 is 14.7 Å². The van der Waals surface area contributed by atoms with Gasteiger partial charge in [-0.3, -0.25) is 19.3 Å². The fourth-order valence-electron chi connectivity index (χ4n) is 4.98. The first-order valence-corrected chi connectivity index (χ1v) is 10.4. The number of carboxylic acids is 1. The fraction of sp³-hybridized carbons (Fsp3) is 0.435. The molecule has 7 heteroatoms. The van der Waals surface area contributed by atoms with Crippen LogP contribution in [-0.4, -0.2) is 52.6 Å². The summed E-state index contributed by atoms with van der Waals surface area (Å²) in [6, 6.07) is 12.9. The van der Waals surface area contributed by atoms with Gasteiger partial charge in [-0.05, 0) is 36.5 Å². The monoisotopic (exact) mass is 409 g/mol. The SMILES string of the molecule is Cc1ccccc1CC(=O)NC[C@H]1[C@H]2C[C@H](CN(CC(=O)O)C2)c2cccc(=O)n21. The molecule has 1 saturated heterocycles. The Morgan fingerprint density at radius 2 is 1.93 bits per heavy atom. The molecule has 0 aliphatic carbocycles. The van der Waals surface area contributed by atoms with Crippen LogP contribution in [-0.2, 0) is 16.0 Å². The third-order valence-corrected chi connectivity index (χ3v) is 6.35. The van der Waals surface area contributed by atoms with Gasteiger partial charge in [-0.2, -0.15) is 0 Å². The number of nitrogens with zero attached hydrogens (tertiary/aromatic N) is 2. The van der Waals surface area contributed by atoms with Crippen molar-refractivity contribution >= 4 is 11.9 Å². The van der Waals surface area contributed by atoms with Crippen molar-refractivity contribution in [1.82, 2.24) is 14.8 Å². The van der Waals surface area contributed by atoms with Crippen molar-refractivity contribution in [3.63, 3.8) is 0 Å². The number of nitrogens with one attached hydrogen (secondary N) is 1. The van der Waals surface area contributed by atoms with Crippen LogP contribution in [0.3, 0.4) is 0 Å². The van der Waals surface area contributed by atoms with Crippen LogP contribution in [0.15, 0.2) is 47.3 Å². The topological polar surface area (TPSA) is 91.6 Å². The number of carboxylic acid groups (broad SMARTS) is 1. The van der Waals surface area contributed by atoms with Gasteiger partial charge in [0.1, 0.15) is 0 Å². The molecule has 0 spiro atoms. The summed E-state index contributed by atoms with van der Waals surface area (Å²) in [6.45, 7) is 3.59. The molecule has 3 heterocycles. The summed E-state index contributed by atoms with van der Waals surface area (Å²) >= 11 is 0. The van der Waals surface area contributed by atoms with Gasteiger partial charge in [-0.1, -0.05) is 30.3 Å². The summed E-state index contributed by atoms with van der Waals surface area (Å²) in [6.07, 6.45) is 1.20. The molecule has 2 N–H and O–H groups in total. The number of carbonyl (C=O) groups excluding carboxylic acids is 1. The predicted octanol–water partition coefficient (Wildman–Crippen LogP) is 1.56. The zero-order valence-electron chi connectivity index (χ0n) is 17.1. The molecular formula is C23H27N3O4. The summed E-state index contributed by atoms with van der Waals surface area (Å²) in [5, 5.41) is 12.2. The molecule has 158 valence electrons. The molecule has 2 bridgehead atoms. The quantitative estimate of drug-likeness (QED) is 0.756. The number of piperidine rings is 1. The number of carbonyl (C=O) groups is 2. The number of hydrogen-bond acceptors (Lipinski definition) is 4. The third kappa shape index (κ3) is 4.16. The molecule has 0 saturated carbocycles. The van der Waals surface area contributed by atoms with E-state index in [2.05, 4.69) is 5.32 Å². The molecule has 7 nitrogen and oxygen atoms in total. The van der Waals surface area contributed by atoms with Gasteiger partial charge in [0.15, 0.2) is 0 Å². The molecule has 3 atom stereocenters. The highest BCUT2D eigenvalue weighted by molar-refractivity contribution is 5.78. The number of aliphatic carboxylic acids is 1. The number of aryl methyl sites for hydroxylation is 1. The van der Waals surface area contributed by atoms with E-state index in [4.69, 9.17) is 0 Å². The van der Waals surface area contributed by atoms with E-state index in [9.17, 15) is 19.5 Å². The van der Waals surface area contributed by atoms with Gasteiger partial charge >= 0.3 is 5.97 Å². The second-order valence-corrected chi connectivity index (χ2v) is 8.41. The minimum Gasteiger partial charge on any atom is -0.480 e. The number of fused-ring (bicyclic) bond motifs is 4. The molecule has 4 rings (SSSR count). The molecule has 2 aliphatic heterocycles. The standard InChI is InChI=1S/C23H27N3O4/c1-15-5-2-3-6-16(15)10-21(27)24-11-20-18-9-17(12-25(13-18)14-23(29)30)19-7-4-8-22(28)26(19)20/h2-8,17-18,20H,9-14H2,1H3,(H,24,27)(H,29,30)/t17-,18+,20+/m1/s1. The first kappa shape index (κ1) is 20.3. The number of rotatable bonds is 6. The van der Waals surface area contributed by atoms with Crippen molar-refractivity contribution in [2.24, 2.45) is 5.92 Å². The number of hydrogen-bond donors (Lipinski definition) is 2. The molecule has 2 aliphatic rings. The Kier molecular flexibility index (Phi) is 5.72. The van der Waals surface area contributed by atoms with E-state index in [-0.39, 0.29) is 35.9 Å². The van der Waals surface area contributed by atoms with Gasteiger partial charge in [-0.15, -0.1) is 0 Å². The van der Waals surface area contributed by atoms with E-state index in [1.807, 2.05) is 46.7 Å². The van der Waals surface area contributed by atoms with Gasteiger partial charge in [0.25, 0.3) is 5.56 Å². The van der Waals surface area contributed by atoms with E-state index in [1.165, 1.54) is 0 Å². The molecule has 1 aromatic carbocycles. The van der Waals surface area contributed by atoms with Crippen LogP contribution in [0.4, 0.5) is 0 Å². The van der Waals surface area contributed by atoms with Crippen LogP contribution in [0.25, 0.3) is 0 Å². The molecular weight excluding hydrogens is 382 g/mol. The maximum atomic E-state index is 12.7. The maximum absolute atomic E-state index is 12.7. The Hall–Kier alpha value is -2.93. The fourth-order valence-corrected chi connectivity index (χ4v) is 4.98. The smallest absolute Gasteiger partial charge is 0.317 e. The third-order valence-electron chi connectivity index (χ3n) is 6.35. The lowest BCUT2D eigenvalue weighted by atomic mass is 9.78. The van der Waals surface area contributed by atoms with Crippen LogP contribution in [0, 0.1) is 12.8 Å². The van der Waals surface area contributed by atoms with Crippen molar-refractivity contribution in [3.8, 4) is 0 Å². The highest BCUT2D eigenvalue weighted by Crippen LogP contribution is 2.40. The largest absolute Gasteiger partial charge is 0.480 e. The van der Waals surface area contributed by atoms with Gasteiger partial charge < -0.3 is 15.0 Å². The number of amides is 1. The van der Waals surface area contributed by atoms with Crippen LogP contribution >= 0.6 is 0 Å². The lowest BCUT2D eigenvalue weighted by Crippen LogP contribution is -2.52. The number of aromatic nitrogens is 1. The minimum atomic E-state index is -0.844. The summed E-state index contributed by atoms with van der Waals surface area (Å²) < 4.78 is 1.82. The Balaban J connectivity index is 1.53. The lowest BCUT2D eigenvalue weighted by molar-refractivity contribution is -0.139. The van der Waals surface area contributed by atoms with Crippen LogP contribution in [0.1, 0.15) is 35.2 Å². The molecule has 1 fully saturated rings. The Morgan fingerprint density at radius 1 is 1.13 bits per heavy atom. The highest BCUT2D eigenvalue weighted by Gasteiger charge is 2.40. The lowest BCUT2D eigenvalue weighted by Gasteiger charge is -2.46. The molecule has 1 aromatic heterocycles. The molecule has 2 aromatic rings. The minimum absolute atomic E-state index is 0.00354. The highest BCUT2D eigenvalue weighted by atomic mass is 16.4. The van der Waals surface area contributed by atoms with E-state index >= 15 is 0 Å². The average Bonchev–Trinajstić information content (AvgIpc) is 2.69. The first-order chi connectivity index (χ1) is 14.4. The van der Waals surface area contributed by atoms with Crippen LogP contribution in [0.5, 0.6) is 0 Å². The van der Waals surface area contributed by atoms with Crippen molar-refractivity contribution in [2.45, 2.75) is 31.7 Å². The van der Waals surface area contributed by atoms with E-state index in [0.29, 0.717) is 26.1 Å². The Bertz CT molecular complexity index is 1020. The molecule has 0 unspecified atom stereocenters. The zero-order chi connectivity index (χ0) is 21.3. The van der Waals surface area contributed by atoms with Gasteiger partial charge in [0, 0.05) is 37.3 Å². The summed E-state index contributed by atoms with van der Waals surface area (Å²) in [4.78, 5) is 38.5. The second kappa shape index (κ2) is 8.44.